The highest BCUT2D eigenvalue weighted by Gasteiger charge is 2.37. The summed E-state index contributed by atoms with van der Waals surface area (Å²) in [6, 6.07) is 13.5. The summed E-state index contributed by atoms with van der Waals surface area (Å²) in [4.78, 5) is 26.6. The van der Waals surface area contributed by atoms with Gasteiger partial charge in [0.05, 0.1) is 17.0 Å². The molecule has 0 unspecified atom stereocenters. The molecule has 2 aromatic carbocycles. The Hall–Kier alpha value is -2.67. The Balaban J connectivity index is 1.64. The fraction of sp³-hybridized carbons (Fsp3) is 0.300. The van der Waals surface area contributed by atoms with Crippen LogP contribution in [0.2, 0.25) is 5.02 Å². The van der Waals surface area contributed by atoms with Crippen LogP contribution in [0.25, 0.3) is 0 Å². The first-order valence-electron chi connectivity index (χ1n) is 8.74. The van der Waals surface area contributed by atoms with E-state index in [-0.39, 0.29) is 35.0 Å². The predicted octanol–water partition coefficient (Wildman–Crippen LogP) is 4.49. The maximum atomic E-state index is 12.6. The average Bonchev–Trinajstić information content (AvgIpc) is 3.05. The molecule has 1 aliphatic rings. The number of carbonyl (C=O) groups excluding carboxylic acids is 2. The number of ether oxygens (including phenoxy) is 1. The second-order valence-corrected chi connectivity index (χ2v) is 6.95. The van der Waals surface area contributed by atoms with E-state index in [2.05, 4.69) is 10.1 Å². The SMILES string of the molecule is C[C@@H](c1ccccc1)N1C[C@H](C(=O)Nc2ccc(OC(F)F)c(Cl)c2)CC1=O. The molecule has 5 nitrogen and oxygen atoms in total. The Kier molecular flexibility index (Phi) is 6.14. The Morgan fingerprint density at radius 2 is 1.96 bits per heavy atom. The molecule has 28 heavy (non-hydrogen) atoms. The van der Waals surface area contributed by atoms with Gasteiger partial charge in [0.2, 0.25) is 11.8 Å². The van der Waals surface area contributed by atoms with Crippen LogP contribution in [0, 0.1) is 5.92 Å². The lowest BCUT2D eigenvalue weighted by atomic mass is 10.1. The lowest BCUT2D eigenvalue weighted by Gasteiger charge is -2.25. The smallest absolute Gasteiger partial charge is 0.387 e. The van der Waals surface area contributed by atoms with Crippen molar-refractivity contribution >= 4 is 29.1 Å². The molecule has 2 atom stereocenters. The highest BCUT2D eigenvalue weighted by Crippen LogP contribution is 2.31. The fourth-order valence-electron chi connectivity index (χ4n) is 3.21. The van der Waals surface area contributed by atoms with Crippen molar-refractivity contribution < 1.29 is 23.1 Å². The summed E-state index contributed by atoms with van der Waals surface area (Å²) in [5, 5.41) is 2.64. The molecule has 1 fully saturated rings. The van der Waals surface area contributed by atoms with Crippen LogP contribution in [0.1, 0.15) is 24.9 Å². The number of amides is 2. The molecule has 2 aromatic rings. The van der Waals surface area contributed by atoms with E-state index in [0.29, 0.717) is 12.2 Å². The predicted molar refractivity (Wildman–Crippen MR) is 101 cm³/mol. The van der Waals surface area contributed by atoms with Crippen LogP contribution >= 0.6 is 11.6 Å². The lowest BCUT2D eigenvalue weighted by Crippen LogP contribution is -2.30. The summed E-state index contributed by atoms with van der Waals surface area (Å²) in [6.07, 6.45) is 0.114. The molecule has 2 amide bonds. The van der Waals surface area contributed by atoms with Gasteiger partial charge in [0.25, 0.3) is 0 Å². The number of hydrogen-bond donors (Lipinski definition) is 1. The second kappa shape index (κ2) is 8.56. The number of nitrogens with zero attached hydrogens (tertiary/aromatic N) is 1. The first-order chi connectivity index (χ1) is 13.3. The van der Waals surface area contributed by atoms with E-state index in [9.17, 15) is 18.4 Å². The monoisotopic (exact) mass is 408 g/mol. The van der Waals surface area contributed by atoms with E-state index < -0.39 is 12.5 Å². The van der Waals surface area contributed by atoms with E-state index >= 15 is 0 Å². The van der Waals surface area contributed by atoms with Crippen LogP contribution in [0.5, 0.6) is 5.75 Å². The Morgan fingerprint density at radius 1 is 1.25 bits per heavy atom. The van der Waals surface area contributed by atoms with Crippen molar-refractivity contribution in [1.29, 1.82) is 0 Å². The van der Waals surface area contributed by atoms with E-state index in [0.717, 1.165) is 5.56 Å². The molecule has 3 rings (SSSR count). The largest absolute Gasteiger partial charge is 0.433 e. The van der Waals surface area contributed by atoms with Crippen LogP contribution in [0.15, 0.2) is 48.5 Å². The van der Waals surface area contributed by atoms with Crippen molar-refractivity contribution in [3.63, 3.8) is 0 Å². The summed E-state index contributed by atoms with van der Waals surface area (Å²) < 4.78 is 28.9. The number of anilines is 1. The number of hydrogen-bond acceptors (Lipinski definition) is 3. The van der Waals surface area contributed by atoms with Gasteiger partial charge >= 0.3 is 6.61 Å². The van der Waals surface area contributed by atoms with Gasteiger partial charge in [-0.15, -0.1) is 0 Å². The van der Waals surface area contributed by atoms with Crippen molar-refractivity contribution in [1.82, 2.24) is 4.90 Å². The normalized spacial score (nSPS) is 17.7. The van der Waals surface area contributed by atoms with E-state index in [1.807, 2.05) is 37.3 Å². The van der Waals surface area contributed by atoms with Crippen molar-refractivity contribution in [3.05, 3.63) is 59.1 Å². The van der Waals surface area contributed by atoms with Crippen molar-refractivity contribution in [2.75, 3.05) is 11.9 Å². The second-order valence-electron chi connectivity index (χ2n) is 6.55. The number of halogens is 3. The molecule has 1 heterocycles. The molecule has 8 heteroatoms. The summed E-state index contributed by atoms with van der Waals surface area (Å²) in [7, 11) is 0. The quantitative estimate of drug-likeness (QED) is 0.766. The highest BCUT2D eigenvalue weighted by atomic mass is 35.5. The minimum absolute atomic E-state index is 0.0417. The summed E-state index contributed by atoms with van der Waals surface area (Å²) in [6.45, 7) is -0.754. The third-order valence-corrected chi connectivity index (χ3v) is 4.99. The summed E-state index contributed by atoms with van der Waals surface area (Å²) in [5.41, 5.74) is 1.34. The first kappa shape index (κ1) is 20.1. The molecular weight excluding hydrogens is 390 g/mol. The van der Waals surface area contributed by atoms with E-state index in [4.69, 9.17) is 11.6 Å². The number of nitrogens with one attached hydrogen (secondary N) is 1. The van der Waals surface area contributed by atoms with Crippen LogP contribution in [0.4, 0.5) is 14.5 Å². The molecule has 0 radical (unpaired) electrons. The fourth-order valence-corrected chi connectivity index (χ4v) is 3.43. The number of rotatable bonds is 6. The molecule has 0 aromatic heterocycles. The topological polar surface area (TPSA) is 58.6 Å². The zero-order chi connectivity index (χ0) is 20.3. The number of carbonyl (C=O) groups is 2. The third kappa shape index (κ3) is 4.59. The maximum absolute atomic E-state index is 12.6. The molecule has 1 saturated heterocycles. The summed E-state index contributed by atoms with van der Waals surface area (Å²) in [5.74, 6) is -1.09. The van der Waals surface area contributed by atoms with Gasteiger partial charge in [-0.25, -0.2) is 0 Å². The minimum Gasteiger partial charge on any atom is -0.433 e. The Morgan fingerprint density at radius 3 is 2.61 bits per heavy atom. The van der Waals surface area contributed by atoms with E-state index in [1.165, 1.54) is 18.2 Å². The maximum Gasteiger partial charge on any atom is 0.387 e. The van der Waals surface area contributed by atoms with Gasteiger partial charge in [0, 0.05) is 18.7 Å². The standard InChI is InChI=1S/C20H19ClF2N2O3/c1-12(13-5-3-2-4-6-13)25-11-14(9-18(25)26)19(27)24-15-7-8-17(16(21)10-15)28-20(22)23/h2-8,10,12,14,20H,9,11H2,1H3,(H,24,27)/t12-,14+/m0/s1. The molecule has 0 bridgehead atoms. The van der Waals surface area contributed by atoms with Crippen LogP contribution < -0.4 is 10.1 Å². The highest BCUT2D eigenvalue weighted by molar-refractivity contribution is 6.32. The zero-order valence-corrected chi connectivity index (χ0v) is 15.8. The van der Waals surface area contributed by atoms with Crippen molar-refractivity contribution in [3.8, 4) is 5.75 Å². The number of likely N-dealkylation sites (tertiary alicyclic amines) is 1. The third-order valence-electron chi connectivity index (χ3n) is 4.69. The number of benzene rings is 2. The number of alkyl halides is 2. The van der Waals surface area contributed by atoms with Crippen LogP contribution in [-0.2, 0) is 9.59 Å². The summed E-state index contributed by atoms with van der Waals surface area (Å²) >= 11 is 5.90. The molecule has 0 spiro atoms. The molecule has 148 valence electrons. The molecule has 1 N–H and O–H groups in total. The van der Waals surface area contributed by atoms with Crippen LogP contribution in [-0.4, -0.2) is 29.9 Å². The van der Waals surface area contributed by atoms with Gasteiger partial charge in [-0.1, -0.05) is 41.9 Å². The average molecular weight is 409 g/mol. The molecule has 0 aliphatic carbocycles. The van der Waals surface area contributed by atoms with Gasteiger partial charge in [-0.3, -0.25) is 9.59 Å². The lowest BCUT2D eigenvalue weighted by molar-refractivity contribution is -0.129. The molecule has 1 aliphatic heterocycles. The van der Waals surface area contributed by atoms with Gasteiger partial charge in [-0.2, -0.15) is 8.78 Å². The molecule has 0 saturated carbocycles. The first-order valence-corrected chi connectivity index (χ1v) is 9.12. The van der Waals surface area contributed by atoms with Gasteiger partial charge < -0.3 is 15.0 Å². The van der Waals surface area contributed by atoms with Crippen molar-refractivity contribution in [2.45, 2.75) is 26.0 Å². The van der Waals surface area contributed by atoms with Gasteiger partial charge in [0.1, 0.15) is 5.75 Å². The van der Waals surface area contributed by atoms with E-state index in [1.54, 1.807) is 4.90 Å². The van der Waals surface area contributed by atoms with Gasteiger partial charge in [-0.05, 0) is 30.7 Å². The van der Waals surface area contributed by atoms with Gasteiger partial charge in [0.15, 0.2) is 0 Å². The van der Waals surface area contributed by atoms with Crippen LogP contribution in [0.3, 0.4) is 0 Å². The molecular formula is C20H19ClF2N2O3. The minimum atomic E-state index is -2.99. The Bertz CT molecular complexity index is 864. The Labute approximate surface area is 166 Å². The zero-order valence-electron chi connectivity index (χ0n) is 15.1. The van der Waals surface area contributed by atoms with Crippen molar-refractivity contribution in [2.24, 2.45) is 5.92 Å².